The third-order valence-electron chi connectivity index (χ3n) is 3.77. The average molecular weight is 344 g/mol. The molecule has 0 unspecified atom stereocenters. The first-order chi connectivity index (χ1) is 11.3. The molecule has 9 heteroatoms. The zero-order valence-corrected chi connectivity index (χ0v) is 13.0. The smallest absolute Gasteiger partial charge is 0.339 e. The largest absolute Gasteiger partial charge is 0.418 e. The Morgan fingerprint density at radius 1 is 1.12 bits per heavy atom. The van der Waals surface area contributed by atoms with Crippen LogP contribution in [0.25, 0.3) is 0 Å². The van der Waals surface area contributed by atoms with Crippen molar-refractivity contribution in [1.29, 1.82) is 0 Å². The number of carbonyl (C=O) groups excluding carboxylic acids is 2. The van der Waals surface area contributed by atoms with E-state index in [-0.39, 0.29) is 24.7 Å². The standard InChI is InChI=1S/C15H19F3N4O2/c16-15(17,18)11-3-1-2-4-12(11)20-13(23)10-21-5-7-22(8-6-21)14(24)9-19/h1-4H,5-10,19H2,(H,20,23). The lowest BCUT2D eigenvalue weighted by atomic mass is 10.1. The van der Waals surface area contributed by atoms with Gasteiger partial charge in [0.2, 0.25) is 11.8 Å². The Balaban J connectivity index is 1.90. The van der Waals surface area contributed by atoms with E-state index in [1.54, 1.807) is 9.80 Å². The van der Waals surface area contributed by atoms with Gasteiger partial charge in [-0.1, -0.05) is 12.1 Å². The summed E-state index contributed by atoms with van der Waals surface area (Å²) in [5.74, 6) is -0.677. The molecule has 1 aliphatic heterocycles. The first kappa shape index (κ1) is 18.2. The number of alkyl halides is 3. The van der Waals surface area contributed by atoms with Gasteiger partial charge in [0.1, 0.15) is 0 Å². The van der Waals surface area contributed by atoms with Gasteiger partial charge in [-0.2, -0.15) is 13.2 Å². The highest BCUT2D eigenvalue weighted by Gasteiger charge is 2.33. The Bertz CT molecular complexity index is 599. The minimum Gasteiger partial charge on any atom is -0.339 e. The number of halogens is 3. The van der Waals surface area contributed by atoms with Crippen LogP contribution in [-0.2, 0) is 15.8 Å². The second-order valence-corrected chi connectivity index (χ2v) is 5.45. The molecule has 3 N–H and O–H groups in total. The van der Waals surface area contributed by atoms with Gasteiger partial charge in [-0.05, 0) is 12.1 Å². The lowest BCUT2D eigenvalue weighted by Gasteiger charge is -2.34. The monoisotopic (exact) mass is 344 g/mol. The van der Waals surface area contributed by atoms with Gasteiger partial charge in [-0.3, -0.25) is 14.5 Å². The van der Waals surface area contributed by atoms with E-state index in [0.717, 1.165) is 6.07 Å². The number of rotatable bonds is 4. The molecule has 0 saturated carbocycles. The summed E-state index contributed by atoms with van der Waals surface area (Å²) in [4.78, 5) is 26.9. The molecule has 0 aliphatic carbocycles. The molecule has 0 radical (unpaired) electrons. The number of hydrogen-bond donors (Lipinski definition) is 2. The number of para-hydroxylation sites is 1. The first-order valence-electron chi connectivity index (χ1n) is 7.47. The quantitative estimate of drug-likeness (QED) is 0.845. The normalized spacial score (nSPS) is 16.1. The SMILES string of the molecule is NCC(=O)N1CCN(CC(=O)Nc2ccccc2C(F)(F)F)CC1. The van der Waals surface area contributed by atoms with Crippen LogP contribution >= 0.6 is 0 Å². The molecule has 1 fully saturated rings. The highest BCUT2D eigenvalue weighted by molar-refractivity contribution is 5.93. The number of nitrogens with one attached hydrogen (secondary N) is 1. The van der Waals surface area contributed by atoms with Crippen molar-refractivity contribution >= 4 is 17.5 Å². The Morgan fingerprint density at radius 2 is 1.75 bits per heavy atom. The summed E-state index contributed by atoms with van der Waals surface area (Å²) in [5.41, 5.74) is 4.16. The molecule has 0 atom stereocenters. The second kappa shape index (κ2) is 7.63. The van der Waals surface area contributed by atoms with Crippen LogP contribution < -0.4 is 11.1 Å². The van der Waals surface area contributed by atoms with Gasteiger partial charge < -0.3 is 16.0 Å². The molecule has 1 saturated heterocycles. The number of hydrogen-bond acceptors (Lipinski definition) is 4. The molecule has 1 aliphatic rings. The predicted molar refractivity (Wildman–Crippen MR) is 82.1 cm³/mol. The van der Waals surface area contributed by atoms with E-state index in [4.69, 9.17) is 5.73 Å². The fraction of sp³-hybridized carbons (Fsp3) is 0.467. The summed E-state index contributed by atoms with van der Waals surface area (Å²) in [6.45, 7) is 1.75. The minimum atomic E-state index is -4.53. The molecule has 24 heavy (non-hydrogen) atoms. The highest BCUT2D eigenvalue weighted by atomic mass is 19.4. The molecule has 0 aromatic heterocycles. The summed E-state index contributed by atoms with van der Waals surface area (Å²) in [6, 6.07) is 4.85. The van der Waals surface area contributed by atoms with Crippen molar-refractivity contribution < 1.29 is 22.8 Å². The maximum Gasteiger partial charge on any atom is 0.418 e. The van der Waals surface area contributed by atoms with Crippen molar-refractivity contribution in [3.05, 3.63) is 29.8 Å². The van der Waals surface area contributed by atoms with E-state index in [0.29, 0.717) is 26.2 Å². The summed E-state index contributed by atoms with van der Waals surface area (Å²) < 4.78 is 38.7. The van der Waals surface area contributed by atoms with E-state index >= 15 is 0 Å². The molecule has 1 aromatic rings. The maximum atomic E-state index is 12.9. The third kappa shape index (κ3) is 4.68. The van der Waals surface area contributed by atoms with Crippen LogP contribution in [0.1, 0.15) is 5.56 Å². The fourth-order valence-corrected chi connectivity index (χ4v) is 2.52. The van der Waals surface area contributed by atoms with Crippen LogP contribution in [0.4, 0.5) is 18.9 Å². The lowest BCUT2D eigenvalue weighted by Crippen LogP contribution is -2.51. The van der Waals surface area contributed by atoms with E-state index in [1.165, 1.54) is 18.2 Å². The second-order valence-electron chi connectivity index (χ2n) is 5.45. The van der Waals surface area contributed by atoms with E-state index in [1.807, 2.05) is 0 Å². The average Bonchev–Trinajstić information content (AvgIpc) is 2.54. The Hall–Kier alpha value is -2.13. The zero-order valence-electron chi connectivity index (χ0n) is 13.0. The fourth-order valence-electron chi connectivity index (χ4n) is 2.52. The zero-order chi connectivity index (χ0) is 17.7. The Labute approximate surface area is 137 Å². The van der Waals surface area contributed by atoms with Crippen molar-refractivity contribution in [1.82, 2.24) is 9.80 Å². The van der Waals surface area contributed by atoms with Gasteiger partial charge in [0.15, 0.2) is 0 Å². The van der Waals surface area contributed by atoms with Crippen molar-refractivity contribution in [3.8, 4) is 0 Å². The van der Waals surface area contributed by atoms with Crippen LogP contribution in [-0.4, -0.2) is 60.9 Å². The van der Waals surface area contributed by atoms with Crippen molar-refractivity contribution in [2.45, 2.75) is 6.18 Å². The third-order valence-corrected chi connectivity index (χ3v) is 3.77. The summed E-state index contributed by atoms with van der Waals surface area (Å²) in [7, 11) is 0. The van der Waals surface area contributed by atoms with Gasteiger partial charge in [0, 0.05) is 26.2 Å². The highest BCUT2D eigenvalue weighted by Crippen LogP contribution is 2.34. The van der Waals surface area contributed by atoms with Gasteiger partial charge in [-0.25, -0.2) is 0 Å². The Kier molecular flexibility index (Phi) is 5.79. The molecular weight excluding hydrogens is 325 g/mol. The summed E-state index contributed by atoms with van der Waals surface area (Å²) in [6.07, 6.45) is -4.53. The summed E-state index contributed by atoms with van der Waals surface area (Å²) >= 11 is 0. The number of piperazine rings is 1. The van der Waals surface area contributed by atoms with Gasteiger partial charge in [0.25, 0.3) is 0 Å². The molecule has 6 nitrogen and oxygen atoms in total. The maximum absolute atomic E-state index is 12.9. The lowest BCUT2D eigenvalue weighted by molar-refractivity contribution is -0.137. The molecule has 2 rings (SSSR count). The van der Waals surface area contributed by atoms with Crippen molar-refractivity contribution in [2.24, 2.45) is 5.73 Å². The number of anilines is 1. The molecule has 1 heterocycles. The van der Waals surface area contributed by atoms with Crippen molar-refractivity contribution in [2.75, 3.05) is 44.6 Å². The predicted octanol–water partition coefficient (Wildman–Crippen LogP) is 0.747. The van der Waals surface area contributed by atoms with E-state index in [9.17, 15) is 22.8 Å². The first-order valence-corrected chi connectivity index (χ1v) is 7.47. The van der Waals surface area contributed by atoms with Crippen LogP contribution in [0.3, 0.4) is 0 Å². The van der Waals surface area contributed by atoms with Crippen LogP contribution in [0.2, 0.25) is 0 Å². The van der Waals surface area contributed by atoms with Gasteiger partial charge >= 0.3 is 6.18 Å². The molecule has 0 bridgehead atoms. The topological polar surface area (TPSA) is 78.7 Å². The van der Waals surface area contributed by atoms with Crippen LogP contribution in [0.15, 0.2) is 24.3 Å². The molecular formula is C15H19F3N4O2. The number of amides is 2. The van der Waals surface area contributed by atoms with E-state index < -0.39 is 17.6 Å². The van der Waals surface area contributed by atoms with Gasteiger partial charge in [0.05, 0.1) is 24.3 Å². The number of nitrogens with zero attached hydrogens (tertiary/aromatic N) is 2. The number of benzene rings is 1. The number of nitrogens with two attached hydrogens (primary N) is 1. The van der Waals surface area contributed by atoms with Crippen LogP contribution in [0, 0.1) is 0 Å². The minimum absolute atomic E-state index is 0.0309. The number of carbonyl (C=O) groups is 2. The van der Waals surface area contributed by atoms with Crippen LogP contribution in [0.5, 0.6) is 0 Å². The summed E-state index contributed by atoms with van der Waals surface area (Å²) in [5, 5.41) is 2.31. The van der Waals surface area contributed by atoms with Crippen molar-refractivity contribution in [3.63, 3.8) is 0 Å². The Morgan fingerprint density at radius 3 is 2.33 bits per heavy atom. The molecule has 0 spiro atoms. The molecule has 2 amide bonds. The van der Waals surface area contributed by atoms with E-state index in [2.05, 4.69) is 5.32 Å². The molecule has 132 valence electrons. The molecule has 1 aromatic carbocycles. The van der Waals surface area contributed by atoms with Gasteiger partial charge in [-0.15, -0.1) is 0 Å².